The van der Waals surface area contributed by atoms with Gasteiger partial charge in [-0.25, -0.2) is 9.48 Å². The minimum atomic E-state index is -2.13. The second-order valence-electron chi connectivity index (χ2n) is 16.2. The van der Waals surface area contributed by atoms with E-state index in [1.165, 1.54) is 16.8 Å². The normalized spacial score (nSPS) is 21.5. The maximum Gasteiger partial charge on any atom is 0.336 e. The van der Waals surface area contributed by atoms with E-state index in [-0.39, 0.29) is 42.6 Å². The molecule has 2 aliphatic rings. The third-order valence-electron chi connectivity index (χ3n) is 11.5. The van der Waals surface area contributed by atoms with Gasteiger partial charge < -0.3 is 46.2 Å². The number of aromatic nitrogens is 3. The van der Waals surface area contributed by atoms with E-state index in [2.05, 4.69) is 26.3 Å². The van der Waals surface area contributed by atoms with E-state index in [1.807, 2.05) is 6.07 Å². The molecule has 6 atom stereocenters. The minimum Gasteiger partial charge on any atom is -0.507 e. The number of halogens is 1. The third kappa shape index (κ3) is 11.4. The summed E-state index contributed by atoms with van der Waals surface area (Å²) in [6.07, 6.45) is 2.44. The van der Waals surface area contributed by atoms with Gasteiger partial charge in [-0.2, -0.15) is 0 Å². The molecule has 0 bridgehead atoms. The molecular formula is C45H53ClN6O10. The summed E-state index contributed by atoms with van der Waals surface area (Å²) in [5, 5.41) is 72.1. The van der Waals surface area contributed by atoms with Gasteiger partial charge in [0.25, 0.3) is 11.8 Å². The standard InChI is InChI=1S/C45H53ClN6O10/c1-26-18-32(19-27(2)39(26)56)43(59)48-23-36(54)40(57)41-38(49-37(55)25-52-24-34(50-51-52)30-11-4-3-5-12-30)35(53)21-45(62-41,44(60)61)17-7-10-28-8-6-9-29(20-28)22-47-42(58)31-13-15-33(46)16-14-31/h6-10,13-16,18-20,24,30,35-36,38,40-41,53-54,56-57H,3-5,11-12,17,21-23,25H2,1-2H3,(H,47,58)(H,48,59)(H,49,55)(H,60,61)/b10-7+/t35-,36+,38+,40+,41+,45+/m0/s1. The fourth-order valence-electron chi connectivity index (χ4n) is 8.04. The van der Waals surface area contributed by atoms with Crippen LogP contribution in [0.15, 0.2) is 72.9 Å². The number of rotatable bonds is 16. The van der Waals surface area contributed by atoms with Crippen molar-refractivity contribution >= 4 is 41.4 Å². The van der Waals surface area contributed by atoms with Gasteiger partial charge in [0.15, 0.2) is 5.60 Å². The number of carbonyl (C=O) groups is 4. The summed E-state index contributed by atoms with van der Waals surface area (Å²) in [7, 11) is 0. The summed E-state index contributed by atoms with van der Waals surface area (Å²) in [5.41, 5.74) is 1.64. The molecule has 62 heavy (non-hydrogen) atoms. The Hall–Kier alpha value is -5.65. The number of carboxylic acids is 1. The van der Waals surface area contributed by atoms with Crippen LogP contribution in [0.25, 0.3) is 6.08 Å². The van der Waals surface area contributed by atoms with Crippen molar-refractivity contribution in [2.24, 2.45) is 0 Å². The Kier molecular flexibility index (Phi) is 15.2. The molecule has 16 nitrogen and oxygen atoms in total. The number of hydrogen-bond donors (Lipinski definition) is 8. The van der Waals surface area contributed by atoms with Crippen molar-refractivity contribution in [1.29, 1.82) is 0 Å². The van der Waals surface area contributed by atoms with E-state index in [0.717, 1.165) is 43.4 Å². The Bertz CT molecular complexity index is 2240. The number of nitrogens with zero attached hydrogens (tertiary/aromatic N) is 3. The van der Waals surface area contributed by atoms with Crippen LogP contribution in [0.2, 0.25) is 5.02 Å². The van der Waals surface area contributed by atoms with Crippen LogP contribution in [0, 0.1) is 13.8 Å². The van der Waals surface area contributed by atoms with Gasteiger partial charge >= 0.3 is 5.97 Å². The van der Waals surface area contributed by atoms with Gasteiger partial charge in [0.1, 0.15) is 24.5 Å². The topological polar surface area (TPSA) is 245 Å². The lowest BCUT2D eigenvalue weighted by Gasteiger charge is -2.47. The molecule has 0 unspecified atom stereocenters. The van der Waals surface area contributed by atoms with E-state index in [1.54, 1.807) is 74.7 Å². The van der Waals surface area contributed by atoms with Crippen LogP contribution in [-0.2, 0) is 27.4 Å². The number of phenolic OH excluding ortho intramolecular Hbond substituents is 1. The number of aliphatic hydroxyl groups is 3. The number of amides is 3. The summed E-state index contributed by atoms with van der Waals surface area (Å²) < 4.78 is 7.55. The molecule has 1 aromatic heterocycles. The van der Waals surface area contributed by atoms with Gasteiger partial charge in [0.05, 0.1) is 23.9 Å². The number of aryl methyl sites for hydroxylation is 2. The zero-order valence-electron chi connectivity index (χ0n) is 34.5. The summed E-state index contributed by atoms with van der Waals surface area (Å²) in [4.78, 5) is 52.2. The van der Waals surface area contributed by atoms with Crippen LogP contribution in [0.5, 0.6) is 5.75 Å². The summed E-state index contributed by atoms with van der Waals surface area (Å²) in [6, 6.07) is 15.2. The Morgan fingerprint density at radius 2 is 1.66 bits per heavy atom. The first-order chi connectivity index (χ1) is 29.6. The average Bonchev–Trinajstić information content (AvgIpc) is 3.73. The quantitative estimate of drug-likeness (QED) is 0.0798. The van der Waals surface area contributed by atoms with Gasteiger partial charge in [-0.15, -0.1) is 5.10 Å². The number of hydrogen-bond acceptors (Lipinski definition) is 11. The number of nitrogens with one attached hydrogen (secondary N) is 3. The van der Waals surface area contributed by atoms with E-state index in [9.17, 15) is 44.7 Å². The van der Waals surface area contributed by atoms with Crippen molar-refractivity contribution in [2.45, 2.75) is 114 Å². The lowest BCUT2D eigenvalue weighted by atomic mass is 9.81. The zero-order valence-corrected chi connectivity index (χ0v) is 35.3. The Balaban J connectivity index is 1.17. The van der Waals surface area contributed by atoms with Crippen molar-refractivity contribution < 1.29 is 49.4 Å². The molecule has 1 saturated heterocycles. The van der Waals surface area contributed by atoms with Gasteiger partial charge in [-0.3, -0.25) is 14.4 Å². The molecule has 8 N–H and O–H groups in total. The Morgan fingerprint density at radius 1 is 0.968 bits per heavy atom. The molecule has 3 amide bonds. The zero-order chi connectivity index (χ0) is 44.6. The van der Waals surface area contributed by atoms with Crippen LogP contribution >= 0.6 is 11.6 Å². The molecule has 2 heterocycles. The highest BCUT2D eigenvalue weighted by Gasteiger charge is 2.54. The average molecular weight is 873 g/mol. The summed E-state index contributed by atoms with van der Waals surface area (Å²) in [6.45, 7) is 2.65. The monoisotopic (exact) mass is 872 g/mol. The van der Waals surface area contributed by atoms with Gasteiger partial charge in [-0.05, 0) is 91.4 Å². The number of carbonyl (C=O) groups excluding carboxylic acids is 3. The number of phenols is 1. The van der Waals surface area contributed by atoms with Crippen LogP contribution < -0.4 is 16.0 Å². The van der Waals surface area contributed by atoms with E-state index >= 15 is 0 Å². The molecule has 0 radical (unpaired) electrons. The van der Waals surface area contributed by atoms with E-state index in [4.69, 9.17) is 16.3 Å². The SMILES string of the molecule is Cc1cc(C(=O)NC[C@@H](O)[C@@H](O)[C@@H]2O[C@@](C/C=C/c3cccc(CNC(=O)c4ccc(Cl)cc4)c3)(C(=O)O)C[C@H](O)[C@H]2NC(=O)Cn2cc(C3CCCCC3)nn2)cc(C)c1O. The van der Waals surface area contributed by atoms with Crippen molar-refractivity contribution in [1.82, 2.24) is 30.9 Å². The number of carboxylic acid groups (broad SMARTS) is 1. The number of ether oxygens (including phenoxy) is 1. The first kappa shape index (κ1) is 45.9. The fourth-order valence-corrected chi connectivity index (χ4v) is 8.17. The predicted molar refractivity (Wildman–Crippen MR) is 228 cm³/mol. The van der Waals surface area contributed by atoms with Crippen LogP contribution in [-0.4, -0.2) is 107 Å². The van der Waals surface area contributed by atoms with Gasteiger partial charge in [0.2, 0.25) is 5.91 Å². The molecule has 330 valence electrons. The lowest BCUT2D eigenvalue weighted by Crippen LogP contribution is -2.67. The maximum atomic E-state index is 13.5. The Labute approximate surface area is 364 Å². The molecule has 1 aliphatic carbocycles. The highest BCUT2D eigenvalue weighted by Crippen LogP contribution is 2.36. The molecule has 3 aromatic carbocycles. The number of aromatic hydroxyl groups is 1. The van der Waals surface area contributed by atoms with Crippen molar-refractivity contribution in [3.05, 3.63) is 117 Å². The van der Waals surface area contributed by atoms with Crippen LogP contribution in [0.4, 0.5) is 0 Å². The lowest BCUT2D eigenvalue weighted by molar-refractivity contribution is -0.226. The minimum absolute atomic E-state index is 0.0352. The second kappa shape index (κ2) is 20.5. The summed E-state index contributed by atoms with van der Waals surface area (Å²) in [5.74, 6) is -2.72. The van der Waals surface area contributed by atoms with Crippen LogP contribution in [0.1, 0.15) is 99.5 Å². The molecule has 17 heteroatoms. The largest absolute Gasteiger partial charge is 0.507 e. The van der Waals surface area contributed by atoms with Gasteiger partial charge in [0, 0.05) is 54.2 Å². The highest BCUT2D eigenvalue weighted by molar-refractivity contribution is 6.30. The van der Waals surface area contributed by atoms with E-state index in [0.29, 0.717) is 27.3 Å². The molecule has 6 rings (SSSR count). The third-order valence-corrected chi connectivity index (χ3v) is 11.7. The van der Waals surface area contributed by atoms with Crippen molar-refractivity contribution in [3.63, 3.8) is 0 Å². The number of benzene rings is 3. The first-order valence-corrected chi connectivity index (χ1v) is 21.0. The molecule has 4 aromatic rings. The maximum absolute atomic E-state index is 13.5. The highest BCUT2D eigenvalue weighted by atomic mass is 35.5. The second-order valence-corrected chi connectivity index (χ2v) is 16.6. The fraction of sp³-hybridized carbons (Fsp3) is 0.422. The molecular weight excluding hydrogens is 820 g/mol. The van der Waals surface area contributed by atoms with Crippen molar-refractivity contribution in [3.8, 4) is 5.75 Å². The van der Waals surface area contributed by atoms with E-state index < -0.39 is 66.8 Å². The van der Waals surface area contributed by atoms with Crippen LogP contribution in [0.3, 0.4) is 0 Å². The smallest absolute Gasteiger partial charge is 0.336 e. The number of aliphatic carboxylic acids is 1. The first-order valence-electron chi connectivity index (χ1n) is 20.6. The van der Waals surface area contributed by atoms with Gasteiger partial charge in [-0.1, -0.05) is 66.4 Å². The summed E-state index contributed by atoms with van der Waals surface area (Å²) >= 11 is 5.93. The Morgan fingerprint density at radius 3 is 2.35 bits per heavy atom. The molecule has 2 fully saturated rings. The molecule has 1 aliphatic heterocycles. The predicted octanol–water partition coefficient (Wildman–Crippen LogP) is 3.94. The van der Waals surface area contributed by atoms with Crippen molar-refractivity contribution in [2.75, 3.05) is 6.54 Å². The molecule has 0 spiro atoms. The molecule has 1 saturated carbocycles. The number of aliphatic hydroxyl groups excluding tert-OH is 3.